The van der Waals surface area contributed by atoms with Crippen LogP contribution in [0.2, 0.25) is 0 Å². The SMILES string of the molecule is CCOC(=O)c1cc2sc(Nc3ccccc3C)nc2s1. The average Bonchev–Trinajstić information content (AvgIpc) is 3.00. The minimum atomic E-state index is -0.277. The van der Waals surface area contributed by atoms with E-state index in [9.17, 15) is 4.79 Å². The summed E-state index contributed by atoms with van der Waals surface area (Å²) in [5, 5.41) is 4.15. The molecule has 0 fully saturated rings. The zero-order valence-corrected chi connectivity index (χ0v) is 13.3. The standard InChI is InChI=1S/C15H14N2O2S2/c1-3-19-14(18)12-8-11-13(20-12)17-15(21-11)16-10-7-5-4-6-9(10)2/h4-8H,3H2,1-2H3,(H,16,17). The third-order valence-corrected chi connectivity index (χ3v) is 5.01. The van der Waals surface area contributed by atoms with E-state index in [2.05, 4.69) is 23.3 Å². The second-order valence-electron chi connectivity index (χ2n) is 4.46. The van der Waals surface area contributed by atoms with Gasteiger partial charge in [-0.1, -0.05) is 29.5 Å². The average molecular weight is 318 g/mol. The molecule has 108 valence electrons. The molecule has 0 saturated carbocycles. The molecule has 0 unspecified atom stereocenters. The lowest BCUT2D eigenvalue weighted by molar-refractivity contribution is 0.0532. The Morgan fingerprint density at radius 2 is 2.14 bits per heavy atom. The fourth-order valence-electron chi connectivity index (χ4n) is 1.92. The summed E-state index contributed by atoms with van der Waals surface area (Å²) < 4.78 is 6.00. The van der Waals surface area contributed by atoms with Crippen LogP contribution in [0.1, 0.15) is 22.2 Å². The lowest BCUT2D eigenvalue weighted by Crippen LogP contribution is -2.01. The number of ether oxygens (including phenoxy) is 1. The number of anilines is 2. The molecular weight excluding hydrogens is 304 g/mol. The Labute approximate surface area is 130 Å². The number of benzene rings is 1. The third-order valence-electron chi connectivity index (χ3n) is 2.95. The fourth-order valence-corrected chi connectivity index (χ4v) is 3.94. The van der Waals surface area contributed by atoms with Crippen molar-refractivity contribution in [3.63, 3.8) is 0 Å². The van der Waals surface area contributed by atoms with Crippen LogP contribution in [0, 0.1) is 6.92 Å². The Balaban J connectivity index is 1.84. The highest BCUT2D eigenvalue weighted by Crippen LogP contribution is 2.34. The van der Waals surface area contributed by atoms with E-state index < -0.39 is 0 Å². The normalized spacial score (nSPS) is 10.8. The first-order chi connectivity index (χ1) is 10.2. The molecular formula is C15H14N2O2S2. The molecule has 21 heavy (non-hydrogen) atoms. The summed E-state index contributed by atoms with van der Waals surface area (Å²) in [6.07, 6.45) is 0. The second-order valence-corrected chi connectivity index (χ2v) is 6.52. The molecule has 0 spiro atoms. The molecule has 0 aliphatic heterocycles. The van der Waals surface area contributed by atoms with E-state index in [1.165, 1.54) is 28.2 Å². The Morgan fingerprint density at radius 3 is 2.86 bits per heavy atom. The van der Waals surface area contributed by atoms with Crippen LogP contribution in [0.3, 0.4) is 0 Å². The fraction of sp³-hybridized carbons (Fsp3) is 0.200. The number of nitrogens with zero attached hydrogens (tertiary/aromatic N) is 1. The van der Waals surface area contributed by atoms with Crippen LogP contribution in [0.5, 0.6) is 0 Å². The molecule has 0 bridgehead atoms. The molecule has 2 aromatic heterocycles. The monoisotopic (exact) mass is 318 g/mol. The summed E-state index contributed by atoms with van der Waals surface area (Å²) in [6.45, 7) is 4.24. The topological polar surface area (TPSA) is 51.2 Å². The Morgan fingerprint density at radius 1 is 1.33 bits per heavy atom. The minimum Gasteiger partial charge on any atom is -0.462 e. The molecule has 6 heteroatoms. The predicted molar refractivity (Wildman–Crippen MR) is 87.9 cm³/mol. The molecule has 2 heterocycles. The summed E-state index contributed by atoms with van der Waals surface area (Å²) in [5.41, 5.74) is 2.22. The first kappa shape index (κ1) is 14.0. The van der Waals surface area contributed by atoms with Crippen LogP contribution in [0.4, 0.5) is 10.8 Å². The number of carbonyl (C=O) groups is 1. The number of aromatic nitrogens is 1. The van der Waals surface area contributed by atoms with Gasteiger partial charge in [-0.2, -0.15) is 0 Å². The van der Waals surface area contributed by atoms with Gasteiger partial charge in [-0.15, -0.1) is 11.3 Å². The summed E-state index contributed by atoms with van der Waals surface area (Å²) in [5.74, 6) is -0.277. The van der Waals surface area contributed by atoms with Gasteiger partial charge in [-0.25, -0.2) is 9.78 Å². The lowest BCUT2D eigenvalue weighted by atomic mass is 10.2. The molecule has 1 N–H and O–H groups in total. The number of aryl methyl sites for hydroxylation is 1. The number of esters is 1. The van der Waals surface area contributed by atoms with Crippen molar-refractivity contribution in [3.05, 3.63) is 40.8 Å². The first-order valence-corrected chi connectivity index (χ1v) is 8.21. The molecule has 0 atom stereocenters. The lowest BCUT2D eigenvalue weighted by Gasteiger charge is -2.05. The molecule has 1 aromatic carbocycles. The maximum atomic E-state index is 11.7. The van der Waals surface area contributed by atoms with Crippen LogP contribution in [0.15, 0.2) is 30.3 Å². The third kappa shape index (κ3) is 2.91. The number of para-hydroxylation sites is 1. The zero-order chi connectivity index (χ0) is 14.8. The van der Waals surface area contributed by atoms with Crippen LogP contribution < -0.4 is 5.32 Å². The number of carbonyl (C=O) groups excluding carboxylic acids is 1. The summed E-state index contributed by atoms with van der Waals surface area (Å²) in [4.78, 5) is 17.7. The van der Waals surface area contributed by atoms with Gasteiger partial charge in [0.15, 0.2) is 5.13 Å². The van der Waals surface area contributed by atoms with Crippen molar-refractivity contribution >= 4 is 49.0 Å². The van der Waals surface area contributed by atoms with Crippen molar-refractivity contribution in [2.75, 3.05) is 11.9 Å². The van der Waals surface area contributed by atoms with Crippen molar-refractivity contribution in [1.29, 1.82) is 0 Å². The summed E-state index contributed by atoms with van der Waals surface area (Å²) in [6, 6.07) is 9.92. The van der Waals surface area contributed by atoms with Gasteiger partial charge in [-0.3, -0.25) is 0 Å². The maximum absolute atomic E-state index is 11.7. The number of rotatable bonds is 4. The molecule has 0 aliphatic rings. The van der Waals surface area contributed by atoms with Crippen molar-refractivity contribution in [3.8, 4) is 0 Å². The zero-order valence-electron chi connectivity index (χ0n) is 11.7. The predicted octanol–water partition coefficient (Wildman–Crippen LogP) is 4.59. The van der Waals surface area contributed by atoms with Gasteiger partial charge in [0, 0.05) is 5.69 Å². The van der Waals surface area contributed by atoms with Crippen LogP contribution >= 0.6 is 22.7 Å². The van der Waals surface area contributed by atoms with E-state index in [1.54, 1.807) is 6.92 Å². The second kappa shape index (κ2) is 5.83. The van der Waals surface area contributed by atoms with E-state index >= 15 is 0 Å². The van der Waals surface area contributed by atoms with Gasteiger partial charge < -0.3 is 10.1 Å². The number of thiazole rings is 1. The Kier molecular flexibility index (Phi) is 3.90. The van der Waals surface area contributed by atoms with E-state index in [0.717, 1.165) is 20.3 Å². The van der Waals surface area contributed by atoms with Gasteiger partial charge in [0.25, 0.3) is 0 Å². The Bertz CT molecular complexity index is 760. The number of thiophene rings is 1. The van der Waals surface area contributed by atoms with Gasteiger partial charge >= 0.3 is 5.97 Å². The number of hydrogen-bond donors (Lipinski definition) is 1. The van der Waals surface area contributed by atoms with E-state index in [-0.39, 0.29) is 5.97 Å². The van der Waals surface area contributed by atoms with Gasteiger partial charge in [0.2, 0.25) is 0 Å². The van der Waals surface area contributed by atoms with Gasteiger partial charge in [0.1, 0.15) is 9.71 Å². The number of hydrogen-bond acceptors (Lipinski definition) is 6. The van der Waals surface area contributed by atoms with Crippen molar-refractivity contribution in [2.45, 2.75) is 13.8 Å². The highest BCUT2D eigenvalue weighted by Gasteiger charge is 2.14. The van der Waals surface area contributed by atoms with Crippen LogP contribution in [-0.4, -0.2) is 17.6 Å². The highest BCUT2D eigenvalue weighted by molar-refractivity contribution is 7.29. The molecule has 0 amide bonds. The van der Waals surface area contributed by atoms with E-state index in [4.69, 9.17) is 4.74 Å². The highest BCUT2D eigenvalue weighted by atomic mass is 32.1. The van der Waals surface area contributed by atoms with E-state index in [1.807, 2.05) is 24.3 Å². The quantitative estimate of drug-likeness (QED) is 0.715. The summed E-state index contributed by atoms with van der Waals surface area (Å²) in [7, 11) is 0. The number of fused-ring (bicyclic) bond motifs is 1. The smallest absolute Gasteiger partial charge is 0.348 e. The molecule has 0 aliphatic carbocycles. The van der Waals surface area contributed by atoms with Crippen LogP contribution in [0.25, 0.3) is 9.53 Å². The number of nitrogens with one attached hydrogen (secondary N) is 1. The van der Waals surface area contributed by atoms with E-state index in [0.29, 0.717) is 11.5 Å². The van der Waals surface area contributed by atoms with Crippen molar-refractivity contribution in [1.82, 2.24) is 4.98 Å². The minimum absolute atomic E-state index is 0.277. The molecule has 0 saturated heterocycles. The van der Waals surface area contributed by atoms with Crippen LogP contribution in [-0.2, 0) is 4.74 Å². The van der Waals surface area contributed by atoms with Crippen molar-refractivity contribution in [2.24, 2.45) is 0 Å². The first-order valence-electron chi connectivity index (χ1n) is 6.57. The summed E-state index contributed by atoms with van der Waals surface area (Å²) >= 11 is 2.90. The Hall–Kier alpha value is -1.92. The molecule has 3 rings (SSSR count). The maximum Gasteiger partial charge on any atom is 0.348 e. The van der Waals surface area contributed by atoms with Crippen molar-refractivity contribution < 1.29 is 9.53 Å². The van der Waals surface area contributed by atoms with Gasteiger partial charge in [0.05, 0.1) is 11.3 Å². The van der Waals surface area contributed by atoms with Gasteiger partial charge in [-0.05, 0) is 31.5 Å². The largest absolute Gasteiger partial charge is 0.462 e. The molecule has 3 aromatic rings. The molecule has 0 radical (unpaired) electrons. The molecule has 4 nitrogen and oxygen atoms in total.